The molecule has 0 unspecified atom stereocenters. The fraction of sp³-hybridized carbons (Fsp3) is 0.278. The van der Waals surface area contributed by atoms with Crippen LogP contribution in [0.15, 0.2) is 53.6 Å². The lowest BCUT2D eigenvalue weighted by Crippen LogP contribution is -2.36. The number of hydrazine groups is 1. The molecular formula is C18H21ClN4O. The van der Waals surface area contributed by atoms with Crippen molar-refractivity contribution in [2.24, 2.45) is 5.10 Å². The van der Waals surface area contributed by atoms with E-state index in [9.17, 15) is 0 Å². The molecule has 0 radical (unpaired) electrons. The van der Waals surface area contributed by atoms with Gasteiger partial charge in [0.15, 0.2) is 0 Å². The van der Waals surface area contributed by atoms with Crippen LogP contribution in [0.4, 0.5) is 0 Å². The molecule has 0 bridgehead atoms. The van der Waals surface area contributed by atoms with Crippen LogP contribution in [0, 0.1) is 0 Å². The quantitative estimate of drug-likeness (QED) is 0.810. The molecule has 24 heavy (non-hydrogen) atoms. The van der Waals surface area contributed by atoms with Crippen LogP contribution in [-0.2, 0) is 13.2 Å². The Balaban J connectivity index is 1.43. The largest absolute Gasteiger partial charge is 0.489 e. The molecule has 0 amide bonds. The molecule has 0 aromatic heterocycles. The van der Waals surface area contributed by atoms with Crippen molar-refractivity contribution in [1.82, 2.24) is 15.9 Å². The van der Waals surface area contributed by atoms with E-state index >= 15 is 0 Å². The van der Waals surface area contributed by atoms with Crippen molar-refractivity contribution in [2.45, 2.75) is 20.1 Å². The van der Waals surface area contributed by atoms with Crippen LogP contribution in [-0.4, -0.2) is 24.0 Å². The SMILES string of the molecule is CC1=NN(CNCc2ccc(OCc3cccc(Cl)c3)cc2)NC1. The highest BCUT2D eigenvalue weighted by atomic mass is 35.5. The summed E-state index contributed by atoms with van der Waals surface area (Å²) in [6.45, 7) is 4.79. The Morgan fingerprint density at radius 3 is 2.75 bits per heavy atom. The molecule has 1 aliphatic heterocycles. The van der Waals surface area contributed by atoms with Crippen LogP contribution in [0.2, 0.25) is 5.02 Å². The van der Waals surface area contributed by atoms with Crippen molar-refractivity contribution in [3.8, 4) is 5.75 Å². The van der Waals surface area contributed by atoms with Gasteiger partial charge in [0, 0.05) is 11.6 Å². The summed E-state index contributed by atoms with van der Waals surface area (Å²) < 4.78 is 5.78. The van der Waals surface area contributed by atoms with E-state index in [1.165, 1.54) is 5.56 Å². The molecule has 5 nitrogen and oxygen atoms in total. The molecule has 0 saturated heterocycles. The van der Waals surface area contributed by atoms with Crippen LogP contribution in [0.3, 0.4) is 0 Å². The molecule has 2 aromatic carbocycles. The minimum Gasteiger partial charge on any atom is -0.489 e. The third-order valence-electron chi connectivity index (χ3n) is 3.62. The molecule has 6 heteroatoms. The lowest BCUT2D eigenvalue weighted by Gasteiger charge is -2.14. The first-order valence-corrected chi connectivity index (χ1v) is 8.29. The topological polar surface area (TPSA) is 48.9 Å². The van der Waals surface area contributed by atoms with Gasteiger partial charge < -0.3 is 4.74 Å². The summed E-state index contributed by atoms with van der Waals surface area (Å²) in [5.74, 6) is 0.847. The average Bonchev–Trinajstić information content (AvgIpc) is 3.00. The summed E-state index contributed by atoms with van der Waals surface area (Å²) in [6.07, 6.45) is 0. The van der Waals surface area contributed by atoms with Gasteiger partial charge in [-0.3, -0.25) is 5.32 Å². The normalized spacial score (nSPS) is 13.9. The van der Waals surface area contributed by atoms with Crippen LogP contribution < -0.4 is 15.5 Å². The van der Waals surface area contributed by atoms with Crippen molar-refractivity contribution < 1.29 is 4.74 Å². The summed E-state index contributed by atoms with van der Waals surface area (Å²) in [6, 6.07) is 15.8. The smallest absolute Gasteiger partial charge is 0.119 e. The number of rotatable bonds is 7. The number of ether oxygens (including phenoxy) is 1. The molecule has 1 heterocycles. The second-order valence-electron chi connectivity index (χ2n) is 5.72. The van der Waals surface area contributed by atoms with E-state index in [1.807, 2.05) is 48.4 Å². The second kappa shape index (κ2) is 8.15. The fourth-order valence-corrected chi connectivity index (χ4v) is 2.59. The maximum atomic E-state index is 5.97. The zero-order valence-electron chi connectivity index (χ0n) is 13.6. The zero-order valence-corrected chi connectivity index (χ0v) is 14.4. The van der Waals surface area contributed by atoms with Gasteiger partial charge in [-0.25, -0.2) is 10.5 Å². The molecule has 0 saturated carbocycles. The Hall–Kier alpha value is -2.08. The Morgan fingerprint density at radius 2 is 2.04 bits per heavy atom. The molecule has 0 atom stereocenters. The minimum atomic E-state index is 0.510. The Morgan fingerprint density at radius 1 is 1.21 bits per heavy atom. The molecule has 0 fully saturated rings. The number of hydrogen-bond acceptors (Lipinski definition) is 5. The molecule has 3 rings (SSSR count). The van der Waals surface area contributed by atoms with Gasteiger partial charge in [0.1, 0.15) is 19.0 Å². The van der Waals surface area contributed by atoms with Crippen LogP contribution >= 0.6 is 11.6 Å². The number of nitrogens with zero attached hydrogens (tertiary/aromatic N) is 2. The number of hydrazone groups is 1. The van der Waals surface area contributed by atoms with E-state index in [0.717, 1.165) is 35.1 Å². The van der Waals surface area contributed by atoms with E-state index in [4.69, 9.17) is 16.3 Å². The van der Waals surface area contributed by atoms with Crippen molar-refractivity contribution in [2.75, 3.05) is 13.2 Å². The highest BCUT2D eigenvalue weighted by Gasteiger charge is 2.08. The third-order valence-corrected chi connectivity index (χ3v) is 3.85. The molecule has 1 aliphatic rings. The first-order valence-electron chi connectivity index (χ1n) is 7.91. The first-order chi connectivity index (χ1) is 11.7. The van der Waals surface area contributed by atoms with Crippen LogP contribution in [0.1, 0.15) is 18.1 Å². The summed E-state index contributed by atoms with van der Waals surface area (Å²) in [5.41, 5.74) is 6.53. The van der Waals surface area contributed by atoms with Crippen molar-refractivity contribution >= 4 is 17.3 Å². The van der Waals surface area contributed by atoms with Crippen molar-refractivity contribution in [1.29, 1.82) is 0 Å². The van der Waals surface area contributed by atoms with Gasteiger partial charge in [0.05, 0.1) is 12.3 Å². The highest BCUT2D eigenvalue weighted by molar-refractivity contribution is 6.30. The van der Waals surface area contributed by atoms with Gasteiger partial charge in [-0.05, 0) is 42.3 Å². The molecule has 0 aliphatic carbocycles. The number of nitrogens with one attached hydrogen (secondary N) is 2. The Labute approximate surface area is 147 Å². The van der Waals surface area contributed by atoms with Gasteiger partial charge in [-0.2, -0.15) is 5.10 Å². The number of benzene rings is 2. The van der Waals surface area contributed by atoms with Crippen LogP contribution in [0.5, 0.6) is 5.75 Å². The van der Waals surface area contributed by atoms with E-state index < -0.39 is 0 Å². The Kier molecular flexibility index (Phi) is 5.69. The summed E-state index contributed by atoms with van der Waals surface area (Å²) in [7, 11) is 0. The van der Waals surface area contributed by atoms with E-state index in [0.29, 0.717) is 13.3 Å². The van der Waals surface area contributed by atoms with Gasteiger partial charge in [0.2, 0.25) is 0 Å². The van der Waals surface area contributed by atoms with Crippen LogP contribution in [0.25, 0.3) is 0 Å². The average molecular weight is 345 g/mol. The standard InChI is InChI=1S/C18H21ClN4O/c1-14-10-21-23(22-14)13-20-11-15-5-7-18(8-6-15)24-12-16-3-2-4-17(19)9-16/h2-9,20-21H,10-13H2,1H3. The first kappa shape index (κ1) is 16.8. The van der Waals surface area contributed by atoms with Crippen molar-refractivity contribution in [3.63, 3.8) is 0 Å². The molecule has 126 valence electrons. The number of hydrogen-bond donors (Lipinski definition) is 2. The maximum Gasteiger partial charge on any atom is 0.119 e. The van der Waals surface area contributed by atoms with E-state index in [1.54, 1.807) is 0 Å². The van der Waals surface area contributed by atoms with E-state index in [-0.39, 0.29) is 0 Å². The Bertz CT molecular complexity index is 702. The van der Waals surface area contributed by atoms with E-state index in [2.05, 4.69) is 28.0 Å². The second-order valence-corrected chi connectivity index (χ2v) is 6.15. The fourth-order valence-electron chi connectivity index (χ4n) is 2.38. The maximum absolute atomic E-state index is 5.97. The highest BCUT2D eigenvalue weighted by Crippen LogP contribution is 2.16. The third kappa shape index (κ3) is 4.96. The van der Waals surface area contributed by atoms with Gasteiger partial charge in [-0.15, -0.1) is 0 Å². The van der Waals surface area contributed by atoms with Gasteiger partial charge in [0.25, 0.3) is 0 Å². The predicted molar refractivity (Wildman–Crippen MR) is 96.9 cm³/mol. The van der Waals surface area contributed by atoms with Crippen molar-refractivity contribution in [3.05, 3.63) is 64.7 Å². The lowest BCUT2D eigenvalue weighted by molar-refractivity contribution is 0.211. The minimum absolute atomic E-state index is 0.510. The lowest BCUT2D eigenvalue weighted by atomic mass is 10.2. The zero-order chi connectivity index (χ0) is 16.8. The van der Waals surface area contributed by atoms with Gasteiger partial charge in [-0.1, -0.05) is 35.9 Å². The van der Waals surface area contributed by atoms with Gasteiger partial charge >= 0.3 is 0 Å². The predicted octanol–water partition coefficient (Wildman–Crippen LogP) is 3.16. The number of halogens is 1. The summed E-state index contributed by atoms with van der Waals surface area (Å²) in [4.78, 5) is 0. The summed E-state index contributed by atoms with van der Waals surface area (Å²) in [5, 5.41) is 10.2. The molecule has 2 N–H and O–H groups in total. The summed E-state index contributed by atoms with van der Waals surface area (Å²) >= 11 is 5.97. The monoisotopic (exact) mass is 344 g/mol. The molecule has 2 aromatic rings. The molecular weight excluding hydrogens is 324 g/mol. The molecule has 0 spiro atoms.